The second-order valence-electron chi connectivity index (χ2n) is 13.5. The van der Waals surface area contributed by atoms with Gasteiger partial charge in [0.25, 0.3) is 0 Å². The molecule has 11 heteroatoms. The first-order chi connectivity index (χ1) is 24.7. The van der Waals surface area contributed by atoms with E-state index in [2.05, 4.69) is 44.2 Å². The van der Waals surface area contributed by atoms with E-state index in [9.17, 15) is 30.0 Å². The van der Waals surface area contributed by atoms with Gasteiger partial charge in [-0.3, -0.25) is 5.41 Å². The van der Waals surface area contributed by atoms with E-state index in [0.717, 1.165) is 50.6 Å². The molecule has 1 fully saturated rings. The summed E-state index contributed by atoms with van der Waals surface area (Å²) in [6.45, 7) is 10.5. The molecule has 1 rings (SSSR count). The molecule has 6 N–H and O–H groups in total. The van der Waals surface area contributed by atoms with Crippen molar-refractivity contribution < 1.29 is 44.6 Å². The van der Waals surface area contributed by atoms with Crippen molar-refractivity contribution in [3.63, 3.8) is 0 Å². The topological polar surface area (TPSA) is 181 Å². The Hall–Kier alpha value is -3.87. The molecule has 0 aromatic carbocycles. The molecule has 1 heterocycles. The lowest BCUT2D eigenvalue weighted by Crippen LogP contribution is -2.61. The number of carbonyl (C=O) groups is 2. The smallest absolute Gasteiger partial charge is 0.335 e. The maximum absolute atomic E-state index is 11.7. The van der Waals surface area contributed by atoms with Gasteiger partial charge in [-0.05, 0) is 69.8 Å². The molecule has 9 atom stereocenters. The molecule has 0 bridgehead atoms. The first-order valence-corrected chi connectivity index (χ1v) is 18.1. The Morgan fingerprint density at radius 2 is 1.46 bits per heavy atom. The normalized spacial score (nSPS) is 24.4. The summed E-state index contributed by atoms with van der Waals surface area (Å²) in [5.41, 5.74) is 1.09. The zero-order valence-corrected chi connectivity index (χ0v) is 31.6. The number of carboxylic acids is 2. The van der Waals surface area contributed by atoms with E-state index in [4.69, 9.17) is 20.0 Å². The van der Waals surface area contributed by atoms with Crippen molar-refractivity contribution in [2.75, 3.05) is 13.6 Å². The SMILES string of the molecule is C\C(=C/C=C/C=C/C=C/C=C/C(C)C(OC1OC(C(=O)O)C(O)C(O)C1O)/C(C)=C/C(C)CCC/C=C/C(C)C/C=C/CCCN(C)C=N)C(=O)O. The molecule has 0 amide bonds. The molecule has 0 saturated carbocycles. The Morgan fingerprint density at radius 3 is 2.10 bits per heavy atom. The number of aliphatic hydroxyl groups is 3. The van der Waals surface area contributed by atoms with Crippen LogP contribution in [-0.2, 0) is 19.1 Å². The molecular weight excluding hydrogens is 664 g/mol. The molecule has 0 aliphatic carbocycles. The van der Waals surface area contributed by atoms with Crippen LogP contribution >= 0.6 is 0 Å². The number of unbranched alkanes of at least 4 members (excludes halogenated alkanes) is 2. The number of carboxylic acid groups (broad SMARTS) is 2. The molecule has 1 aliphatic heterocycles. The molecule has 52 heavy (non-hydrogen) atoms. The molecule has 0 aromatic heterocycles. The third kappa shape index (κ3) is 18.6. The lowest BCUT2D eigenvalue weighted by Gasteiger charge is -2.40. The summed E-state index contributed by atoms with van der Waals surface area (Å²) in [5, 5.41) is 56.7. The fourth-order valence-electron chi connectivity index (χ4n) is 5.43. The highest BCUT2D eigenvalue weighted by molar-refractivity contribution is 5.86. The van der Waals surface area contributed by atoms with Gasteiger partial charge in [0.1, 0.15) is 18.3 Å². The van der Waals surface area contributed by atoms with Crippen molar-refractivity contribution in [3.8, 4) is 0 Å². The fourth-order valence-corrected chi connectivity index (χ4v) is 5.43. The van der Waals surface area contributed by atoms with E-state index in [-0.39, 0.29) is 17.4 Å². The summed E-state index contributed by atoms with van der Waals surface area (Å²) >= 11 is 0. The van der Waals surface area contributed by atoms with Crippen LogP contribution in [0.25, 0.3) is 0 Å². The summed E-state index contributed by atoms with van der Waals surface area (Å²) < 4.78 is 11.6. The van der Waals surface area contributed by atoms with Gasteiger partial charge in [-0.1, -0.05) is 106 Å². The molecule has 0 spiro atoms. The van der Waals surface area contributed by atoms with Crippen LogP contribution < -0.4 is 0 Å². The van der Waals surface area contributed by atoms with Crippen LogP contribution in [0.15, 0.2) is 96.2 Å². The zero-order valence-electron chi connectivity index (χ0n) is 31.6. The van der Waals surface area contributed by atoms with Crippen molar-refractivity contribution in [1.82, 2.24) is 4.90 Å². The molecule has 1 aliphatic rings. The minimum Gasteiger partial charge on any atom is -0.479 e. The Labute approximate surface area is 310 Å². The Morgan fingerprint density at radius 1 is 0.827 bits per heavy atom. The lowest BCUT2D eigenvalue weighted by atomic mass is 9.92. The highest BCUT2D eigenvalue weighted by Crippen LogP contribution is 2.29. The zero-order chi connectivity index (χ0) is 39.1. The molecule has 0 radical (unpaired) electrons. The maximum atomic E-state index is 11.7. The maximum Gasteiger partial charge on any atom is 0.335 e. The van der Waals surface area contributed by atoms with Crippen molar-refractivity contribution >= 4 is 18.3 Å². The monoisotopic (exact) mass is 726 g/mol. The van der Waals surface area contributed by atoms with Gasteiger partial charge >= 0.3 is 11.9 Å². The lowest BCUT2D eigenvalue weighted by molar-refractivity contribution is -0.303. The van der Waals surface area contributed by atoms with Crippen LogP contribution in [0.4, 0.5) is 0 Å². The van der Waals surface area contributed by atoms with E-state index < -0.39 is 48.7 Å². The highest BCUT2D eigenvalue weighted by atomic mass is 16.7. The quantitative estimate of drug-likeness (QED) is 0.0164. The first kappa shape index (κ1) is 46.2. The number of ether oxygens (including phenoxy) is 2. The van der Waals surface area contributed by atoms with E-state index in [1.165, 1.54) is 19.3 Å². The van der Waals surface area contributed by atoms with Crippen molar-refractivity contribution in [2.24, 2.45) is 17.8 Å². The fraction of sp³-hybridized carbons (Fsp3) is 0.537. The molecule has 1 saturated heterocycles. The molecule has 290 valence electrons. The van der Waals surface area contributed by atoms with Crippen LogP contribution in [-0.4, -0.2) is 99.1 Å². The van der Waals surface area contributed by atoms with Crippen molar-refractivity contribution in [2.45, 2.75) is 110 Å². The van der Waals surface area contributed by atoms with Crippen molar-refractivity contribution in [1.29, 1.82) is 5.41 Å². The van der Waals surface area contributed by atoms with Gasteiger partial charge in [0.15, 0.2) is 12.4 Å². The van der Waals surface area contributed by atoms with Gasteiger partial charge in [-0.25, -0.2) is 9.59 Å². The molecule has 11 nitrogen and oxygen atoms in total. The van der Waals surface area contributed by atoms with Crippen LogP contribution in [0, 0.1) is 23.2 Å². The predicted octanol–water partition coefficient (Wildman–Crippen LogP) is 6.37. The summed E-state index contributed by atoms with van der Waals surface area (Å²) in [6.07, 6.45) is 24.9. The van der Waals surface area contributed by atoms with Crippen LogP contribution in [0.5, 0.6) is 0 Å². The third-order valence-electron chi connectivity index (χ3n) is 8.60. The highest BCUT2D eigenvalue weighted by Gasteiger charge is 2.48. The van der Waals surface area contributed by atoms with Gasteiger partial charge in [-0.15, -0.1) is 0 Å². The van der Waals surface area contributed by atoms with Gasteiger partial charge in [0.05, 0.1) is 12.4 Å². The summed E-state index contributed by atoms with van der Waals surface area (Å²) in [6, 6.07) is 0. The largest absolute Gasteiger partial charge is 0.479 e. The number of hydrogen-bond acceptors (Lipinski definition) is 8. The van der Waals surface area contributed by atoms with E-state index in [1.807, 2.05) is 44.0 Å². The van der Waals surface area contributed by atoms with Crippen LogP contribution in [0.1, 0.15) is 73.1 Å². The average molecular weight is 727 g/mol. The number of aliphatic hydroxyl groups excluding tert-OH is 3. The minimum atomic E-state index is -1.81. The summed E-state index contributed by atoms with van der Waals surface area (Å²) in [7, 11) is 1.91. The van der Waals surface area contributed by atoms with Crippen LogP contribution in [0.3, 0.4) is 0 Å². The number of aliphatic carboxylic acids is 2. The van der Waals surface area contributed by atoms with Gasteiger partial charge in [-0.2, -0.15) is 0 Å². The van der Waals surface area contributed by atoms with Crippen molar-refractivity contribution in [3.05, 3.63) is 96.2 Å². The molecular formula is C41H62N2O9. The van der Waals surface area contributed by atoms with E-state index >= 15 is 0 Å². The van der Waals surface area contributed by atoms with Gasteiger partial charge in [0, 0.05) is 25.1 Å². The predicted molar refractivity (Wildman–Crippen MR) is 206 cm³/mol. The second-order valence-corrected chi connectivity index (χ2v) is 13.5. The standard InChI is InChI=1S/C41H62N2O9/c1-29(21-15-12-13-20-26-43(6)28-42)22-16-14-17-23-30(2)27-33(5)37(51-41-36(46)34(44)35(45)38(52-41)40(49)50)31(3)24-18-10-8-7-9-11-19-25-32(4)39(47)48/h7-12,15-16,18-19,22,24-25,27-31,34-38,41-42,44-46H,13-14,17,20-21,23,26H2,1-6H3,(H,47,48)(H,49,50)/b9-7+,10-8+,15-12+,19-11+,22-16+,24-18+,32-25+,33-27+,42-28?. The number of rotatable bonds is 24. The first-order valence-electron chi connectivity index (χ1n) is 18.1. The van der Waals surface area contributed by atoms with E-state index in [1.54, 1.807) is 30.4 Å². The Balaban J connectivity index is 2.90. The Bertz CT molecular complexity index is 1330. The minimum absolute atomic E-state index is 0.200. The summed E-state index contributed by atoms with van der Waals surface area (Å²) in [5.74, 6) is -2.06. The van der Waals surface area contributed by atoms with Gasteiger partial charge in [0.2, 0.25) is 0 Å². The number of hydrogen-bond donors (Lipinski definition) is 6. The molecule has 0 aromatic rings. The number of nitrogens with zero attached hydrogens (tertiary/aromatic N) is 1. The third-order valence-corrected chi connectivity index (χ3v) is 8.60. The van der Waals surface area contributed by atoms with Gasteiger partial charge < -0.3 is 39.9 Å². The Kier molecular flexibility index (Phi) is 23.1. The number of nitrogens with one attached hydrogen (secondary N) is 1. The second kappa shape index (κ2) is 26.0. The average Bonchev–Trinajstić information content (AvgIpc) is 3.10. The number of allylic oxidation sites excluding steroid dienone is 13. The molecule has 9 unspecified atom stereocenters. The van der Waals surface area contributed by atoms with E-state index in [0.29, 0.717) is 5.92 Å². The summed E-state index contributed by atoms with van der Waals surface area (Å²) in [4.78, 5) is 24.4. The van der Waals surface area contributed by atoms with Crippen LogP contribution in [0.2, 0.25) is 0 Å².